The third-order valence-corrected chi connectivity index (χ3v) is 2.35. The summed E-state index contributed by atoms with van der Waals surface area (Å²) in [4.78, 5) is 8.57. The third-order valence-electron chi connectivity index (χ3n) is 1.83. The Hall–Kier alpha value is -1.03. The van der Waals surface area contributed by atoms with Gasteiger partial charge in [-0.05, 0) is 24.8 Å². The van der Waals surface area contributed by atoms with Crippen LogP contribution in [-0.4, -0.2) is 16.2 Å². The summed E-state index contributed by atoms with van der Waals surface area (Å²) >= 11 is 1.49. The molecule has 13 heavy (non-hydrogen) atoms. The average Bonchev–Trinajstić information content (AvgIpc) is 2.58. The van der Waals surface area contributed by atoms with Gasteiger partial charge >= 0.3 is 0 Å². The largest absolute Gasteiger partial charge is 0.430 e. The van der Waals surface area contributed by atoms with Gasteiger partial charge in [-0.25, -0.2) is 4.98 Å². The SMILES string of the molecule is CCc1ccc2oc(SC)nc2n1. The van der Waals surface area contributed by atoms with Crippen LogP contribution in [0.3, 0.4) is 0 Å². The first-order chi connectivity index (χ1) is 6.33. The minimum atomic E-state index is 0.677. The van der Waals surface area contributed by atoms with E-state index in [1.165, 1.54) is 11.8 Å². The van der Waals surface area contributed by atoms with Gasteiger partial charge in [0.25, 0.3) is 5.22 Å². The molecule has 3 nitrogen and oxygen atoms in total. The van der Waals surface area contributed by atoms with E-state index in [9.17, 15) is 0 Å². The van der Waals surface area contributed by atoms with Gasteiger partial charge in [-0.1, -0.05) is 18.7 Å². The van der Waals surface area contributed by atoms with Gasteiger partial charge in [0.15, 0.2) is 11.2 Å². The maximum Gasteiger partial charge on any atom is 0.258 e. The Balaban J connectivity index is 2.57. The van der Waals surface area contributed by atoms with E-state index in [1.807, 2.05) is 18.4 Å². The molecule has 0 bridgehead atoms. The van der Waals surface area contributed by atoms with E-state index in [2.05, 4.69) is 16.9 Å². The molecule has 0 unspecified atom stereocenters. The fraction of sp³-hybridized carbons (Fsp3) is 0.333. The zero-order valence-corrected chi connectivity index (χ0v) is 8.39. The van der Waals surface area contributed by atoms with E-state index in [1.54, 1.807) is 0 Å². The second-order valence-electron chi connectivity index (χ2n) is 2.66. The Kier molecular flexibility index (Phi) is 2.22. The summed E-state index contributed by atoms with van der Waals surface area (Å²) in [5.41, 5.74) is 2.53. The molecule has 2 aromatic heterocycles. The molecule has 0 saturated heterocycles. The molecule has 0 saturated carbocycles. The van der Waals surface area contributed by atoms with Gasteiger partial charge in [0.05, 0.1) is 0 Å². The van der Waals surface area contributed by atoms with Crippen LogP contribution in [0.25, 0.3) is 11.2 Å². The van der Waals surface area contributed by atoms with Crippen molar-refractivity contribution in [1.82, 2.24) is 9.97 Å². The molecule has 2 aromatic rings. The van der Waals surface area contributed by atoms with Crippen LogP contribution >= 0.6 is 11.8 Å². The molecule has 0 aliphatic carbocycles. The minimum Gasteiger partial charge on any atom is -0.430 e. The van der Waals surface area contributed by atoms with Crippen molar-refractivity contribution in [1.29, 1.82) is 0 Å². The quantitative estimate of drug-likeness (QED) is 0.688. The highest BCUT2D eigenvalue weighted by molar-refractivity contribution is 7.98. The monoisotopic (exact) mass is 194 g/mol. The summed E-state index contributed by atoms with van der Waals surface area (Å²) in [5.74, 6) is 0. The molecule has 0 aliphatic heterocycles. The second kappa shape index (κ2) is 3.38. The van der Waals surface area contributed by atoms with Gasteiger partial charge in [-0.2, -0.15) is 4.98 Å². The highest BCUT2D eigenvalue weighted by atomic mass is 32.2. The smallest absolute Gasteiger partial charge is 0.258 e. The molecule has 68 valence electrons. The van der Waals surface area contributed by atoms with E-state index < -0.39 is 0 Å². The lowest BCUT2D eigenvalue weighted by molar-refractivity contribution is 0.490. The fourth-order valence-corrected chi connectivity index (χ4v) is 1.47. The molecule has 0 N–H and O–H groups in total. The maximum atomic E-state index is 5.41. The van der Waals surface area contributed by atoms with Crippen LogP contribution in [0.4, 0.5) is 0 Å². The first-order valence-corrected chi connectivity index (χ1v) is 5.36. The fourth-order valence-electron chi connectivity index (χ4n) is 1.12. The third kappa shape index (κ3) is 1.54. The van der Waals surface area contributed by atoms with Crippen LogP contribution in [0.5, 0.6) is 0 Å². The molecular weight excluding hydrogens is 184 g/mol. The summed E-state index contributed by atoms with van der Waals surface area (Å²) in [6.07, 6.45) is 2.86. The Bertz CT molecular complexity index is 422. The number of thioether (sulfide) groups is 1. The van der Waals surface area contributed by atoms with Crippen molar-refractivity contribution in [2.45, 2.75) is 18.6 Å². The molecule has 0 amide bonds. The van der Waals surface area contributed by atoms with Crippen LogP contribution in [0, 0.1) is 0 Å². The number of fused-ring (bicyclic) bond motifs is 1. The molecule has 0 aromatic carbocycles. The number of pyridine rings is 1. The van der Waals surface area contributed by atoms with Gasteiger partial charge < -0.3 is 4.42 Å². The Morgan fingerprint density at radius 1 is 1.38 bits per heavy atom. The highest BCUT2D eigenvalue weighted by Crippen LogP contribution is 2.20. The van der Waals surface area contributed by atoms with Gasteiger partial charge in [0.2, 0.25) is 0 Å². The summed E-state index contributed by atoms with van der Waals surface area (Å²) < 4.78 is 5.41. The number of aryl methyl sites for hydroxylation is 1. The molecule has 0 spiro atoms. The van der Waals surface area contributed by atoms with E-state index in [0.717, 1.165) is 17.7 Å². The Morgan fingerprint density at radius 3 is 2.92 bits per heavy atom. The standard InChI is InChI=1S/C9H10N2OS/c1-3-6-4-5-7-8(10-6)11-9(12-7)13-2/h4-5H,3H2,1-2H3. The van der Waals surface area contributed by atoms with E-state index in [-0.39, 0.29) is 0 Å². The Labute approximate surface area is 80.6 Å². The van der Waals surface area contributed by atoms with Gasteiger partial charge in [0, 0.05) is 5.69 Å². The van der Waals surface area contributed by atoms with Gasteiger partial charge in [0.1, 0.15) is 0 Å². The second-order valence-corrected chi connectivity index (χ2v) is 3.42. The van der Waals surface area contributed by atoms with Crippen LogP contribution in [0.2, 0.25) is 0 Å². The lowest BCUT2D eigenvalue weighted by Crippen LogP contribution is -1.85. The van der Waals surface area contributed by atoms with Crippen LogP contribution in [-0.2, 0) is 6.42 Å². The van der Waals surface area contributed by atoms with Crippen molar-refractivity contribution in [2.24, 2.45) is 0 Å². The van der Waals surface area contributed by atoms with Crippen LogP contribution in [0.15, 0.2) is 21.8 Å². The summed E-state index contributed by atoms with van der Waals surface area (Å²) in [5, 5.41) is 0.677. The van der Waals surface area contributed by atoms with Crippen molar-refractivity contribution in [2.75, 3.05) is 6.26 Å². The van der Waals surface area contributed by atoms with E-state index in [4.69, 9.17) is 4.42 Å². The summed E-state index contributed by atoms with van der Waals surface area (Å²) in [6.45, 7) is 2.07. The number of nitrogens with zero attached hydrogens (tertiary/aromatic N) is 2. The molecule has 0 atom stereocenters. The number of aromatic nitrogens is 2. The molecule has 0 radical (unpaired) electrons. The first kappa shape index (κ1) is 8.56. The van der Waals surface area contributed by atoms with Gasteiger partial charge in [-0.3, -0.25) is 0 Å². The molecule has 2 heterocycles. The minimum absolute atomic E-state index is 0.677. The maximum absolute atomic E-state index is 5.41. The Morgan fingerprint density at radius 2 is 2.23 bits per heavy atom. The predicted octanol–water partition coefficient (Wildman–Crippen LogP) is 2.51. The molecule has 4 heteroatoms. The number of rotatable bonds is 2. The van der Waals surface area contributed by atoms with Crippen LogP contribution < -0.4 is 0 Å². The summed E-state index contributed by atoms with van der Waals surface area (Å²) in [6, 6.07) is 3.89. The van der Waals surface area contributed by atoms with Gasteiger partial charge in [-0.15, -0.1) is 0 Å². The molecule has 2 rings (SSSR count). The zero-order valence-electron chi connectivity index (χ0n) is 7.57. The van der Waals surface area contributed by atoms with Crippen molar-refractivity contribution in [3.8, 4) is 0 Å². The normalized spacial score (nSPS) is 10.9. The first-order valence-electron chi connectivity index (χ1n) is 4.14. The molecule has 0 fully saturated rings. The predicted molar refractivity (Wildman–Crippen MR) is 53.0 cm³/mol. The number of hydrogen-bond acceptors (Lipinski definition) is 4. The summed E-state index contributed by atoms with van der Waals surface area (Å²) in [7, 11) is 0. The topological polar surface area (TPSA) is 38.9 Å². The zero-order chi connectivity index (χ0) is 9.26. The lowest BCUT2D eigenvalue weighted by atomic mass is 10.3. The van der Waals surface area contributed by atoms with Crippen molar-refractivity contribution in [3.63, 3.8) is 0 Å². The molecule has 0 aliphatic rings. The molecular formula is C9H10N2OS. The lowest BCUT2D eigenvalue weighted by Gasteiger charge is -1.91. The van der Waals surface area contributed by atoms with Crippen molar-refractivity contribution >= 4 is 23.0 Å². The average molecular weight is 194 g/mol. The number of oxazole rings is 1. The van der Waals surface area contributed by atoms with Crippen molar-refractivity contribution < 1.29 is 4.42 Å². The highest BCUT2D eigenvalue weighted by Gasteiger charge is 2.05. The number of hydrogen-bond donors (Lipinski definition) is 0. The van der Waals surface area contributed by atoms with E-state index in [0.29, 0.717) is 10.9 Å². The van der Waals surface area contributed by atoms with Crippen LogP contribution in [0.1, 0.15) is 12.6 Å². The van der Waals surface area contributed by atoms with E-state index >= 15 is 0 Å². The van der Waals surface area contributed by atoms with Crippen molar-refractivity contribution in [3.05, 3.63) is 17.8 Å².